The molecule has 3 aromatic rings. The number of aryl methyl sites for hydroxylation is 2. The molecule has 0 bridgehead atoms. The average molecular weight is 306 g/mol. The fourth-order valence-electron chi connectivity index (χ4n) is 3.20. The molecule has 1 aliphatic heterocycles. The highest BCUT2D eigenvalue weighted by molar-refractivity contribution is 5.79. The SMILES string of the molecule is Cc1nc2c(C)cc(-c3ccc(C4CNC(=O)C4)cc3)cn2n1. The second kappa shape index (κ2) is 5.19. The van der Waals surface area contributed by atoms with Gasteiger partial charge < -0.3 is 5.32 Å². The Bertz CT molecular complexity index is 895. The molecule has 0 radical (unpaired) electrons. The van der Waals surface area contributed by atoms with Crippen LogP contribution in [-0.4, -0.2) is 27.0 Å². The zero-order valence-corrected chi connectivity index (χ0v) is 13.2. The number of carbonyl (C=O) groups excluding carboxylic acids is 1. The van der Waals surface area contributed by atoms with E-state index in [9.17, 15) is 4.79 Å². The predicted molar refractivity (Wildman–Crippen MR) is 88.3 cm³/mol. The molecule has 1 fully saturated rings. The van der Waals surface area contributed by atoms with E-state index in [0.29, 0.717) is 12.3 Å². The van der Waals surface area contributed by atoms with Crippen LogP contribution in [0.25, 0.3) is 16.8 Å². The van der Waals surface area contributed by atoms with Crippen molar-refractivity contribution in [3.8, 4) is 11.1 Å². The minimum atomic E-state index is 0.140. The number of amides is 1. The molecule has 5 nitrogen and oxygen atoms in total. The summed E-state index contributed by atoms with van der Waals surface area (Å²) in [6.07, 6.45) is 2.60. The van der Waals surface area contributed by atoms with E-state index in [1.807, 2.05) is 17.6 Å². The van der Waals surface area contributed by atoms with Crippen molar-refractivity contribution >= 4 is 11.6 Å². The van der Waals surface area contributed by atoms with Crippen molar-refractivity contribution in [1.29, 1.82) is 0 Å². The van der Waals surface area contributed by atoms with E-state index >= 15 is 0 Å². The number of aromatic nitrogens is 3. The summed E-state index contributed by atoms with van der Waals surface area (Å²) in [4.78, 5) is 15.8. The quantitative estimate of drug-likeness (QED) is 0.792. The number of benzene rings is 1. The van der Waals surface area contributed by atoms with E-state index in [1.165, 1.54) is 5.56 Å². The number of carbonyl (C=O) groups is 1. The number of nitrogens with one attached hydrogen (secondary N) is 1. The molecule has 1 aliphatic rings. The van der Waals surface area contributed by atoms with Crippen LogP contribution in [0.3, 0.4) is 0 Å². The molecule has 1 unspecified atom stereocenters. The zero-order chi connectivity index (χ0) is 16.0. The standard InChI is InChI=1S/C18H18N4O/c1-11-7-16(10-22-18(11)20-12(2)21-22)14-5-3-13(4-6-14)15-8-17(23)19-9-15/h3-7,10,15H,8-9H2,1-2H3,(H,19,23). The van der Waals surface area contributed by atoms with Crippen LogP contribution in [-0.2, 0) is 4.79 Å². The van der Waals surface area contributed by atoms with Gasteiger partial charge >= 0.3 is 0 Å². The van der Waals surface area contributed by atoms with Crippen LogP contribution < -0.4 is 5.32 Å². The Hall–Kier alpha value is -2.69. The van der Waals surface area contributed by atoms with Crippen LogP contribution in [0.5, 0.6) is 0 Å². The first-order valence-electron chi connectivity index (χ1n) is 7.81. The van der Waals surface area contributed by atoms with Gasteiger partial charge in [0.25, 0.3) is 0 Å². The molecule has 1 N–H and O–H groups in total. The summed E-state index contributed by atoms with van der Waals surface area (Å²) in [5, 5.41) is 7.30. The van der Waals surface area contributed by atoms with Crippen LogP contribution in [0.15, 0.2) is 36.5 Å². The molecule has 1 amide bonds. The summed E-state index contributed by atoms with van der Waals surface area (Å²) in [6.45, 7) is 4.69. The molecule has 1 atom stereocenters. The molecule has 1 saturated heterocycles. The minimum Gasteiger partial charge on any atom is -0.355 e. The van der Waals surface area contributed by atoms with Gasteiger partial charge in [0.15, 0.2) is 5.65 Å². The van der Waals surface area contributed by atoms with Gasteiger partial charge in [0, 0.05) is 30.6 Å². The third kappa shape index (κ3) is 2.48. The molecule has 116 valence electrons. The largest absolute Gasteiger partial charge is 0.355 e. The van der Waals surface area contributed by atoms with E-state index in [2.05, 4.69) is 52.7 Å². The lowest BCUT2D eigenvalue weighted by molar-refractivity contribution is -0.119. The zero-order valence-electron chi connectivity index (χ0n) is 13.2. The van der Waals surface area contributed by atoms with Crippen LogP contribution in [0.1, 0.15) is 29.3 Å². The Balaban J connectivity index is 1.69. The molecular formula is C18H18N4O. The van der Waals surface area contributed by atoms with Crippen molar-refractivity contribution in [1.82, 2.24) is 19.9 Å². The van der Waals surface area contributed by atoms with Gasteiger partial charge in [-0.3, -0.25) is 4.79 Å². The lowest BCUT2D eigenvalue weighted by Gasteiger charge is -2.10. The monoisotopic (exact) mass is 306 g/mol. The molecule has 5 heteroatoms. The fraction of sp³-hybridized carbons (Fsp3) is 0.278. The molecule has 23 heavy (non-hydrogen) atoms. The normalized spacial score (nSPS) is 17.7. The summed E-state index contributed by atoms with van der Waals surface area (Å²) in [6, 6.07) is 10.6. The van der Waals surface area contributed by atoms with Gasteiger partial charge in [-0.2, -0.15) is 5.10 Å². The average Bonchev–Trinajstić information content (AvgIpc) is 3.13. The lowest BCUT2D eigenvalue weighted by Crippen LogP contribution is -2.13. The first-order chi connectivity index (χ1) is 11.1. The molecule has 0 saturated carbocycles. The van der Waals surface area contributed by atoms with Crippen LogP contribution in [0.2, 0.25) is 0 Å². The van der Waals surface area contributed by atoms with Gasteiger partial charge in [0.05, 0.1) is 0 Å². The van der Waals surface area contributed by atoms with E-state index in [0.717, 1.165) is 34.7 Å². The summed E-state index contributed by atoms with van der Waals surface area (Å²) in [7, 11) is 0. The molecular weight excluding hydrogens is 288 g/mol. The van der Waals surface area contributed by atoms with E-state index in [-0.39, 0.29) is 5.91 Å². The third-order valence-corrected chi connectivity index (χ3v) is 4.42. The maximum Gasteiger partial charge on any atom is 0.220 e. The number of pyridine rings is 1. The van der Waals surface area contributed by atoms with Crippen molar-refractivity contribution < 1.29 is 4.79 Å². The smallest absolute Gasteiger partial charge is 0.220 e. The second-order valence-corrected chi connectivity index (χ2v) is 6.17. The molecule has 4 rings (SSSR count). The van der Waals surface area contributed by atoms with Gasteiger partial charge in [-0.05, 0) is 36.6 Å². The number of rotatable bonds is 2. The topological polar surface area (TPSA) is 59.3 Å². The van der Waals surface area contributed by atoms with Crippen molar-refractivity contribution in [2.45, 2.75) is 26.2 Å². The fourth-order valence-corrected chi connectivity index (χ4v) is 3.20. The minimum absolute atomic E-state index is 0.140. The summed E-state index contributed by atoms with van der Waals surface area (Å²) in [5.41, 5.74) is 5.48. The molecule has 2 aromatic heterocycles. The summed E-state index contributed by atoms with van der Waals surface area (Å²) >= 11 is 0. The first kappa shape index (κ1) is 13.9. The Morgan fingerprint density at radius 3 is 2.65 bits per heavy atom. The molecule has 0 aliphatic carbocycles. The van der Waals surface area contributed by atoms with Gasteiger partial charge in [0.2, 0.25) is 5.91 Å². The lowest BCUT2D eigenvalue weighted by atomic mass is 9.96. The van der Waals surface area contributed by atoms with E-state index < -0.39 is 0 Å². The highest BCUT2D eigenvalue weighted by Gasteiger charge is 2.22. The van der Waals surface area contributed by atoms with Gasteiger partial charge in [-0.25, -0.2) is 9.50 Å². The number of hydrogen-bond acceptors (Lipinski definition) is 3. The number of nitrogens with zero attached hydrogens (tertiary/aromatic N) is 3. The number of hydrogen-bond donors (Lipinski definition) is 1. The van der Waals surface area contributed by atoms with Crippen LogP contribution >= 0.6 is 0 Å². The first-order valence-corrected chi connectivity index (χ1v) is 7.81. The van der Waals surface area contributed by atoms with Crippen LogP contribution in [0.4, 0.5) is 0 Å². The second-order valence-electron chi connectivity index (χ2n) is 6.17. The number of fused-ring (bicyclic) bond motifs is 1. The van der Waals surface area contributed by atoms with Crippen molar-refractivity contribution in [3.05, 3.63) is 53.5 Å². The molecule has 0 spiro atoms. The highest BCUT2D eigenvalue weighted by atomic mass is 16.1. The highest BCUT2D eigenvalue weighted by Crippen LogP contribution is 2.27. The van der Waals surface area contributed by atoms with E-state index in [1.54, 1.807) is 0 Å². The predicted octanol–water partition coefficient (Wildman–Crippen LogP) is 2.62. The Kier molecular flexibility index (Phi) is 3.15. The van der Waals surface area contributed by atoms with Gasteiger partial charge in [-0.15, -0.1) is 0 Å². The third-order valence-electron chi connectivity index (χ3n) is 4.42. The molecule has 1 aromatic carbocycles. The van der Waals surface area contributed by atoms with Crippen molar-refractivity contribution in [2.75, 3.05) is 6.54 Å². The Morgan fingerprint density at radius 2 is 1.96 bits per heavy atom. The summed E-state index contributed by atoms with van der Waals surface area (Å²) in [5.74, 6) is 1.21. The van der Waals surface area contributed by atoms with Gasteiger partial charge in [0.1, 0.15) is 5.82 Å². The van der Waals surface area contributed by atoms with Crippen molar-refractivity contribution in [3.63, 3.8) is 0 Å². The Morgan fingerprint density at radius 1 is 1.17 bits per heavy atom. The van der Waals surface area contributed by atoms with Gasteiger partial charge in [-0.1, -0.05) is 24.3 Å². The van der Waals surface area contributed by atoms with E-state index in [4.69, 9.17) is 0 Å². The summed E-state index contributed by atoms with van der Waals surface area (Å²) < 4.78 is 1.84. The van der Waals surface area contributed by atoms with Crippen molar-refractivity contribution in [2.24, 2.45) is 0 Å². The maximum absolute atomic E-state index is 11.4. The van der Waals surface area contributed by atoms with Crippen LogP contribution in [0, 0.1) is 13.8 Å². The molecule has 3 heterocycles. The maximum atomic E-state index is 11.4. The Labute approximate surface area is 134 Å².